The lowest BCUT2D eigenvalue weighted by atomic mass is 9.87. The molecule has 7 rings (SSSR count). The van der Waals surface area contributed by atoms with E-state index in [1.165, 1.54) is 24.5 Å². The van der Waals surface area contributed by atoms with E-state index in [1.54, 1.807) is 6.07 Å². The molecule has 47 heavy (non-hydrogen) atoms. The van der Waals surface area contributed by atoms with E-state index in [9.17, 15) is 0 Å². The highest BCUT2D eigenvalue weighted by molar-refractivity contribution is 6.80. The Morgan fingerprint density at radius 3 is 2.23 bits per heavy atom. The predicted octanol–water partition coefficient (Wildman–Crippen LogP) is 7.64. The smallest absolute Gasteiger partial charge is 0.352 e. The monoisotopic (exact) mass is 663 g/mol. The third-order valence-corrected chi connectivity index (χ3v) is 12.0. The largest absolute Gasteiger partial charge is 0.530 e. The van der Waals surface area contributed by atoms with Crippen molar-refractivity contribution in [1.29, 1.82) is 0 Å². The molecule has 1 aliphatic heterocycles. The van der Waals surface area contributed by atoms with E-state index in [-0.39, 0.29) is 11.2 Å². The van der Waals surface area contributed by atoms with Gasteiger partial charge in [-0.05, 0) is 52.4 Å². The Hall–Kier alpha value is -3.78. The van der Waals surface area contributed by atoms with Crippen LogP contribution in [0, 0.1) is 5.82 Å². The van der Waals surface area contributed by atoms with Gasteiger partial charge in [-0.25, -0.2) is 4.39 Å². The maximum absolute atomic E-state index is 16.0. The number of benzene rings is 4. The molecule has 241 valence electrons. The molecule has 1 saturated heterocycles. The zero-order valence-corrected chi connectivity index (χ0v) is 29.1. The molecule has 5 nitrogen and oxygen atoms in total. The molecule has 2 heterocycles. The van der Waals surface area contributed by atoms with Gasteiger partial charge in [-0.2, -0.15) is 5.10 Å². The summed E-state index contributed by atoms with van der Waals surface area (Å²) in [5, 5.41) is 17.8. The van der Waals surface area contributed by atoms with Crippen molar-refractivity contribution in [2.24, 2.45) is 0 Å². The topological polar surface area (TPSA) is 50.3 Å². The summed E-state index contributed by atoms with van der Waals surface area (Å²) in [6.07, 6.45) is 4.58. The van der Waals surface area contributed by atoms with Gasteiger partial charge in [0.1, 0.15) is 5.75 Å². The van der Waals surface area contributed by atoms with Gasteiger partial charge in [0.05, 0.1) is 5.69 Å². The third-order valence-electron chi connectivity index (χ3n) is 9.55. The average molecular weight is 664 g/mol. The fraction of sp³-hybridized carbons (Fsp3) is 0.333. The molecular formula is C39H41ClFN4OSi. The second kappa shape index (κ2) is 13.4. The van der Waals surface area contributed by atoms with Gasteiger partial charge in [-0.3, -0.25) is 0 Å². The first-order valence-corrected chi connectivity index (χ1v) is 18.5. The average Bonchev–Trinajstić information content (AvgIpc) is 3.62. The Bertz CT molecular complexity index is 1870. The molecule has 1 aromatic heterocycles. The first-order valence-electron chi connectivity index (χ1n) is 16.7. The van der Waals surface area contributed by atoms with Gasteiger partial charge in [0.2, 0.25) is 0 Å². The van der Waals surface area contributed by atoms with Gasteiger partial charge in [0, 0.05) is 59.0 Å². The molecule has 0 atom stereocenters. The van der Waals surface area contributed by atoms with Crippen LogP contribution in [0.5, 0.6) is 5.75 Å². The second-order valence-corrected chi connectivity index (χ2v) is 16.2. The zero-order chi connectivity index (χ0) is 32.5. The highest BCUT2D eigenvalue weighted by Crippen LogP contribution is 2.44. The van der Waals surface area contributed by atoms with Crippen molar-refractivity contribution < 1.29 is 8.82 Å². The van der Waals surface area contributed by atoms with Crippen molar-refractivity contribution in [2.45, 2.75) is 57.8 Å². The van der Waals surface area contributed by atoms with Crippen LogP contribution in [0.3, 0.4) is 0 Å². The summed E-state index contributed by atoms with van der Waals surface area (Å²) in [5.74, 6) is 1.02. The number of aromatic nitrogens is 2. The molecule has 1 aliphatic carbocycles. The van der Waals surface area contributed by atoms with Gasteiger partial charge in [-0.1, -0.05) is 112 Å². The number of anilines is 1. The van der Waals surface area contributed by atoms with E-state index in [1.807, 2.05) is 30.3 Å². The number of hydrogen-bond acceptors (Lipinski definition) is 5. The van der Waals surface area contributed by atoms with E-state index in [0.717, 1.165) is 77.2 Å². The van der Waals surface area contributed by atoms with Gasteiger partial charge in [-0.15, -0.1) is 5.10 Å². The van der Waals surface area contributed by atoms with E-state index >= 15 is 4.39 Å². The van der Waals surface area contributed by atoms with Gasteiger partial charge in [0.25, 0.3) is 0 Å². The number of rotatable bonds is 7. The summed E-state index contributed by atoms with van der Waals surface area (Å²) < 4.78 is 22.9. The number of para-hydroxylation sites is 1. The number of nitrogens with zero attached hydrogens (tertiary/aromatic N) is 3. The van der Waals surface area contributed by atoms with Gasteiger partial charge < -0.3 is 14.6 Å². The summed E-state index contributed by atoms with van der Waals surface area (Å²) >= 11 is 7.17. The molecule has 2 aliphatic rings. The minimum atomic E-state index is -1.88. The molecule has 5 aromatic rings. The fourth-order valence-corrected chi connectivity index (χ4v) is 9.13. The van der Waals surface area contributed by atoms with Crippen LogP contribution < -0.4 is 25.0 Å². The summed E-state index contributed by atoms with van der Waals surface area (Å²) in [4.78, 5) is 2.29. The maximum atomic E-state index is 16.0. The number of nitrogens with one attached hydrogen (secondary N) is 1. The minimum Gasteiger partial charge on any atom is -0.530 e. The molecule has 8 heteroatoms. The van der Waals surface area contributed by atoms with Crippen molar-refractivity contribution in [3.8, 4) is 16.9 Å². The first kappa shape index (κ1) is 31.8. The highest BCUT2D eigenvalue weighted by Gasteiger charge is 2.29. The van der Waals surface area contributed by atoms with Crippen LogP contribution in [-0.4, -0.2) is 45.4 Å². The first-order chi connectivity index (χ1) is 22.8. The van der Waals surface area contributed by atoms with Gasteiger partial charge in [0.15, 0.2) is 11.6 Å². The molecule has 1 saturated carbocycles. The normalized spacial score (nSPS) is 15.9. The van der Waals surface area contributed by atoms with Crippen LogP contribution in [0.25, 0.3) is 21.9 Å². The van der Waals surface area contributed by atoms with Crippen molar-refractivity contribution in [3.05, 3.63) is 107 Å². The lowest BCUT2D eigenvalue weighted by molar-refractivity contribution is 0.517. The molecular weight excluding hydrogens is 623 g/mol. The molecule has 0 spiro atoms. The van der Waals surface area contributed by atoms with Crippen LogP contribution in [-0.2, 0) is 5.41 Å². The second-order valence-electron chi connectivity index (χ2n) is 13.7. The van der Waals surface area contributed by atoms with Crippen molar-refractivity contribution in [1.82, 2.24) is 15.5 Å². The third kappa shape index (κ3) is 6.54. The minimum absolute atomic E-state index is 0.0249. The number of fused-ring (bicyclic) bond motifs is 1. The molecule has 1 radical (unpaired) electrons. The predicted molar refractivity (Wildman–Crippen MR) is 193 cm³/mol. The van der Waals surface area contributed by atoms with Crippen molar-refractivity contribution in [3.63, 3.8) is 0 Å². The SMILES string of the molecule is CC(C)(C)c1ccc([Si](Oc2c(F)cccc2-c2cc3c(C4CCCC4)nnc(N4CCNCC4)c3cc2Cl)c2ccccc2)cc1. The summed E-state index contributed by atoms with van der Waals surface area (Å²) in [7, 11) is -1.88. The Morgan fingerprint density at radius 2 is 1.53 bits per heavy atom. The van der Waals surface area contributed by atoms with E-state index in [4.69, 9.17) is 26.2 Å². The maximum Gasteiger partial charge on any atom is 0.352 e. The molecule has 0 bridgehead atoms. The summed E-state index contributed by atoms with van der Waals surface area (Å²) in [6, 6.07) is 28.0. The van der Waals surface area contributed by atoms with Gasteiger partial charge >= 0.3 is 9.04 Å². The number of hydrogen-bond donors (Lipinski definition) is 1. The number of piperazine rings is 1. The Labute approximate surface area is 283 Å². The molecule has 4 aromatic carbocycles. The van der Waals surface area contributed by atoms with E-state index in [0.29, 0.717) is 16.5 Å². The van der Waals surface area contributed by atoms with Crippen LogP contribution >= 0.6 is 11.6 Å². The molecule has 0 amide bonds. The molecule has 0 unspecified atom stereocenters. The van der Waals surface area contributed by atoms with Crippen LogP contribution in [0.2, 0.25) is 5.02 Å². The Balaban J connectivity index is 1.36. The van der Waals surface area contributed by atoms with Crippen LogP contribution in [0.15, 0.2) is 84.9 Å². The van der Waals surface area contributed by atoms with Crippen molar-refractivity contribution in [2.75, 3.05) is 31.1 Å². The highest BCUT2D eigenvalue weighted by atomic mass is 35.5. The lowest BCUT2D eigenvalue weighted by Gasteiger charge is -2.29. The summed E-state index contributed by atoms with van der Waals surface area (Å²) in [6.45, 7) is 10.1. The zero-order valence-electron chi connectivity index (χ0n) is 27.3. The molecule has 1 N–H and O–H groups in total. The lowest BCUT2D eigenvalue weighted by Crippen LogP contribution is -2.47. The van der Waals surface area contributed by atoms with Crippen LogP contribution in [0.4, 0.5) is 10.2 Å². The van der Waals surface area contributed by atoms with E-state index in [2.05, 4.69) is 73.5 Å². The fourth-order valence-electron chi connectivity index (χ4n) is 6.92. The standard InChI is InChI=1S/C39H41ClFN4OSi/c1-39(2,3)27-16-18-29(19-17-27)47(28-12-5-4-6-13-28)46-37-30(14-9-15-35(37)41)31-24-32-33(25-34(31)40)38(45-22-20-42-21-23-45)44-43-36(32)26-10-7-8-11-26/h4-6,9,12-19,24-26,42H,7-8,10-11,20-23H2,1-3H3. The number of halogens is 2. The Kier molecular flexibility index (Phi) is 9.05. The van der Waals surface area contributed by atoms with Crippen LogP contribution in [0.1, 0.15) is 63.6 Å². The Morgan fingerprint density at radius 1 is 0.830 bits per heavy atom. The van der Waals surface area contributed by atoms with Crippen molar-refractivity contribution >= 4 is 47.6 Å². The quantitative estimate of drug-likeness (QED) is 0.182. The van der Waals surface area contributed by atoms with E-state index < -0.39 is 14.9 Å². The summed E-state index contributed by atoms with van der Waals surface area (Å²) in [5.41, 5.74) is 3.66. The molecule has 2 fully saturated rings.